The number of aromatic nitrogens is 1. The highest BCUT2D eigenvalue weighted by Gasteiger charge is 2.03. The van der Waals surface area contributed by atoms with Crippen LogP contribution in [0.15, 0.2) is 18.3 Å². The molecule has 0 aliphatic rings. The van der Waals surface area contributed by atoms with Crippen molar-refractivity contribution in [3.63, 3.8) is 0 Å². The molecule has 1 aromatic rings. The largest absolute Gasteiger partial charge is 0.478 e. The van der Waals surface area contributed by atoms with Crippen molar-refractivity contribution in [3.05, 3.63) is 18.3 Å². The van der Waals surface area contributed by atoms with Gasteiger partial charge in [0.15, 0.2) is 0 Å². The lowest BCUT2D eigenvalue weighted by atomic mass is 10.3. The van der Waals surface area contributed by atoms with Gasteiger partial charge in [-0.1, -0.05) is 0 Å². The van der Waals surface area contributed by atoms with Gasteiger partial charge in [-0.15, -0.1) is 0 Å². The Labute approximate surface area is 102 Å². The van der Waals surface area contributed by atoms with Gasteiger partial charge in [0.1, 0.15) is 0 Å². The maximum absolute atomic E-state index is 9.55. The van der Waals surface area contributed by atoms with Gasteiger partial charge in [0.05, 0.1) is 31.2 Å². The highest BCUT2D eigenvalue weighted by Crippen LogP contribution is 2.11. The molecule has 0 saturated carbocycles. The van der Waals surface area contributed by atoms with Crippen molar-refractivity contribution < 1.29 is 14.6 Å². The summed E-state index contributed by atoms with van der Waals surface area (Å²) in [5.74, 6) is 0.605. The molecular formula is C12H20N2O3. The second-order valence-electron chi connectivity index (χ2n) is 3.51. The molecule has 1 atom stereocenters. The Kier molecular flexibility index (Phi) is 6.35. The third-order valence-electron chi connectivity index (χ3n) is 2.08. The van der Waals surface area contributed by atoms with Crippen LogP contribution in [0.2, 0.25) is 0 Å². The molecule has 1 unspecified atom stereocenters. The van der Waals surface area contributed by atoms with Gasteiger partial charge >= 0.3 is 0 Å². The lowest BCUT2D eigenvalue weighted by Crippen LogP contribution is -2.24. The van der Waals surface area contributed by atoms with E-state index in [1.165, 1.54) is 0 Å². The molecule has 5 nitrogen and oxygen atoms in total. The fourth-order valence-corrected chi connectivity index (χ4v) is 1.27. The topological polar surface area (TPSA) is 63.6 Å². The lowest BCUT2D eigenvalue weighted by Gasteiger charge is -2.12. The highest BCUT2D eigenvalue weighted by molar-refractivity contribution is 5.42. The fourth-order valence-electron chi connectivity index (χ4n) is 1.27. The first-order chi connectivity index (χ1) is 8.26. The number of nitrogens with zero attached hydrogens (tertiary/aromatic N) is 1. The number of ether oxygens (including phenoxy) is 2. The van der Waals surface area contributed by atoms with Crippen LogP contribution < -0.4 is 10.1 Å². The Morgan fingerprint density at radius 2 is 2.18 bits per heavy atom. The fraction of sp³-hybridized carbons (Fsp3) is 0.583. The third kappa shape index (κ3) is 5.51. The standard InChI is InChI=1S/C12H20N2O3/c1-3-16-9-11(15)8-13-10-5-6-12(14-7-10)17-4-2/h5-7,11,13,15H,3-4,8-9H2,1-2H3. The van der Waals surface area contributed by atoms with Gasteiger partial charge in [-0.25, -0.2) is 4.98 Å². The smallest absolute Gasteiger partial charge is 0.213 e. The summed E-state index contributed by atoms with van der Waals surface area (Å²) in [6.45, 7) is 5.81. The summed E-state index contributed by atoms with van der Waals surface area (Å²) in [5, 5.41) is 12.6. The molecule has 0 radical (unpaired) electrons. The average molecular weight is 240 g/mol. The maximum Gasteiger partial charge on any atom is 0.213 e. The molecule has 96 valence electrons. The molecular weight excluding hydrogens is 220 g/mol. The molecule has 17 heavy (non-hydrogen) atoms. The normalized spacial score (nSPS) is 12.2. The summed E-state index contributed by atoms with van der Waals surface area (Å²) in [6.07, 6.45) is 1.17. The van der Waals surface area contributed by atoms with Crippen LogP contribution in [-0.2, 0) is 4.74 Å². The zero-order chi connectivity index (χ0) is 12.5. The minimum atomic E-state index is -0.512. The van der Waals surface area contributed by atoms with E-state index in [-0.39, 0.29) is 0 Å². The van der Waals surface area contributed by atoms with Crippen LogP contribution >= 0.6 is 0 Å². The van der Waals surface area contributed by atoms with E-state index < -0.39 is 6.10 Å². The van der Waals surface area contributed by atoms with Gasteiger partial charge in [-0.2, -0.15) is 0 Å². The van der Waals surface area contributed by atoms with Crippen LogP contribution in [0.4, 0.5) is 5.69 Å². The molecule has 0 amide bonds. The first-order valence-corrected chi connectivity index (χ1v) is 5.84. The number of hydrogen-bond donors (Lipinski definition) is 2. The average Bonchev–Trinajstić information content (AvgIpc) is 2.36. The van der Waals surface area contributed by atoms with E-state index in [4.69, 9.17) is 9.47 Å². The summed E-state index contributed by atoms with van der Waals surface area (Å²) in [4.78, 5) is 4.11. The van der Waals surface area contributed by atoms with Crippen molar-refractivity contribution in [3.8, 4) is 5.88 Å². The van der Waals surface area contributed by atoms with Crippen molar-refractivity contribution in [2.24, 2.45) is 0 Å². The second kappa shape index (κ2) is 7.86. The van der Waals surface area contributed by atoms with Crippen molar-refractivity contribution in [2.75, 3.05) is 31.7 Å². The van der Waals surface area contributed by atoms with E-state index in [9.17, 15) is 5.11 Å². The summed E-state index contributed by atoms with van der Waals surface area (Å²) < 4.78 is 10.3. The van der Waals surface area contributed by atoms with E-state index in [2.05, 4.69) is 10.3 Å². The zero-order valence-corrected chi connectivity index (χ0v) is 10.3. The molecule has 0 bridgehead atoms. The minimum absolute atomic E-state index is 0.341. The number of anilines is 1. The third-order valence-corrected chi connectivity index (χ3v) is 2.08. The molecule has 0 fully saturated rings. The lowest BCUT2D eigenvalue weighted by molar-refractivity contribution is 0.0496. The Hall–Kier alpha value is -1.33. The van der Waals surface area contributed by atoms with Crippen LogP contribution in [0, 0.1) is 0 Å². The van der Waals surface area contributed by atoms with Crippen molar-refractivity contribution in [1.82, 2.24) is 4.98 Å². The minimum Gasteiger partial charge on any atom is -0.478 e. The summed E-state index contributed by atoms with van der Waals surface area (Å²) in [5.41, 5.74) is 0.851. The van der Waals surface area contributed by atoms with Gasteiger partial charge in [0, 0.05) is 19.2 Å². The molecule has 0 spiro atoms. The highest BCUT2D eigenvalue weighted by atomic mass is 16.5. The van der Waals surface area contributed by atoms with Crippen LogP contribution in [0.1, 0.15) is 13.8 Å². The van der Waals surface area contributed by atoms with Crippen molar-refractivity contribution >= 4 is 5.69 Å². The number of hydrogen-bond acceptors (Lipinski definition) is 5. The zero-order valence-electron chi connectivity index (χ0n) is 10.3. The molecule has 1 rings (SSSR count). The van der Waals surface area contributed by atoms with Crippen LogP contribution in [0.5, 0.6) is 5.88 Å². The summed E-state index contributed by atoms with van der Waals surface area (Å²) >= 11 is 0. The van der Waals surface area contributed by atoms with E-state index in [1.807, 2.05) is 19.9 Å². The van der Waals surface area contributed by atoms with E-state index in [1.54, 1.807) is 12.3 Å². The van der Waals surface area contributed by atoms with Crippen LogP contribution in [0.25, 0.3) is 0 Å². The number of rotatable bonds is 8. The predicted octanol–water partition coefficient (Wildman–Crippen LogP) is 1.29. The molecule has 0 aromatic carbocycles. The van der Waals surface area contributed by atoms with Gasteiger partial charge in [-0.3, -0.25) is 0 Å². The molecule has 0 aliphatic carbocycles. The Morgan fingerprint density at radius 3 is 2.76 bits per heavy atom. The monoisotopic (exact) mass is 240 g/mol. The Morgan fingerprint density at radius 1 is 1.35 bits per heavy atom. The molecule has 0 saturated heterocycles. The van der Waals surface area contributed by atoms with Crippen LogP contribution in [-0.4, -0.2) is 42.6 Å². The van der Waals surface area contributed by atoms with Gasteiger partial charge in [0.25, 0.3) is 0 Å². The first-order valence-electron chi connectivity index (χ1n) is 5.84. The van der Waals surface area contributed by atoms with Gasteiger partial charge in [0.2, 0.25) is 5.88 Å². The molecule has 5 heteroatoms. The summed E-state index contributed by atoms with van der Waals surface area (Å²) in [6, 6.07) is 3.66. The first kappa shape index (κ1) is 13.7. The number of aliphatic hydroxyl groups is 1. The second-order valence-corrected chi connectivity index (χ2v) is 3.51. The number of nitrogens with one attached hydrogen (secondary N) is 1. The van der Waals surface area contributed by atoms with Crippen molar-refractivity contribution in [1.29, 1.82) is 0 Å². The molecule has 2 N–H and O–H groups in total. The molecule has 1 aromatic heterocycles. The molecule has 1 heterocycles. The van der Waals surface area contributed by atoms with E-state index >= 15 is 0 Å². The van der Waals surface area contributed by atoms with Gasteiger partial charge < -0.3 is 19.9 Å². The van der Waals surface area contributed by atoms with Gasteiger partial charge in [-0.05, 0) is 19.9 Å². The quantitative estimate of drug-likeness (QED) is 0.717. The number of pyridine rings is 1. The Balaban J connectivity index is 2.31. The van der Waals surface area contributed by atoms with Crippen molar-refractivity contribution in [2.45, 2.75) is 20.0 Å². The summed E-state index contributed by atoms with van der Waals surface area (Å²) in [7, 11) is 0. The Bertz CT molecular complexity index is 303. The predicted molar refractivity (Wildman–Crippen MR) is 66.4 cm³/mol. The van der Waals surface area contributed by atoms with E-state index in [0.29, 0.717) is 32.2 Å². The van der Waals surface area contributed by atoms with E-state index in [0.717, 1.165) is 5.69 Å². The molecule has 0 aliphatic heterocycles. The number of aliphatic hydroxyl groups excluding tert-OH is 1. The maximum atomic E-state index is 9.55. The van der Waals surface area contributed by atoms with Crippen LogP contribution in [0.3, 0.4) is 0 Å². The SMILES string of the molecule is CCOCC(O)CNc1ccc(OCC)nc1.